The number of benzene rings is 1. The van der Waals surface area contributed by atoms with Crippen molar-refractivity contribution in [2.24, 2.45) is 0 Å². The average molecular weight is 532 g/mol. The number of esters is 2. The van der Waals surface area contributed by atoms with Crippen LogP contribution in [0.1, 0.15) is 43.2 Å². The van der Waals surface area contributed by atoms with Gasteiger partial charge in [0, 0.05) is 18.0 Å². The Morgan fingerprint density at radius 3 is 2.61 bits per heavy atom. The minimum absolute atomic E-state index is 0.162. The molecule has 38 heavy (non-hydrogen) atoms. The molecule has 1 aromatic rings. The van der Waals surface area contributed by atoms with Gasteiger partial charge in [-0.25, -0.2) is 4.79 Å². The number of hydrogen-bond acceptors (Lipinski definition) is 10. The number of methoxy groups -OCH3 is 1. The second kappa shape index (κ2) is 9.28. The number of rotatable bonds is 9. The van der Waals surface area contributed by atoms with E-state index in [1.807, 2.05) is 19.2 Å². The number of carboxylic acids is 2. The summed E-state index contributed by atoms with van der Waals surface area (Å²) in [5, 5.41) is 30.0. The van der Waals surface area contributed by atoms with Gasteiger partial charge in [0.2, 0.25) is 6.10 Å². The van der Waals surface area contributed by atoms with E-state index in [1.54, 1.807) is 6.08 Å². The molecule has 1 aromatic carbocycles. The number of carbonyl (C=O) groups is 4. The number of likely N-dealkylation sites (tertiary alicyclic amines) is 1. The molecule has 12 nitrogen and oxygen atoms in total. The molecule has 0 aromatic heterocycles. The van der Waals surface area contributed by atoms with Crippen LogP contribution in [0.3, 0.4) is 0 Å². The van der Waals surface area contributed by atoms with Crippen molar-refractivity contribution in [1.29, 1.82) is 0 Å². The summed E-state index contributed by atoms with van der Waals surface area (Å²) >= 11 is 0. The molecule has 2 aliphatic heterocycles. The molecule has 5 rings (SSSR count). The zero-order chi connectivity index (χ0) is 27.4. The number of aliphatic hydroxyl groups is 1. The summed E-state index contributed by atoms with van der Waals surface area (Å²) in [5.41, 5.74) is -0.0761. The monoisotopic (exact) mass is 531 g/mol. The average Bonchev–Trinajstić information content (AvgIpc) is 3.21. The third-order valence-corrected chi connectivity index (χ3v) is 8.23. The third-order valence-electron chi connectivity index (χ3n) is 8.23. The van der Waals surface area contributed by atoms with Crippen LogP contribution < -0.4 is 9.47 Å². The van der Waals surface area contributed by atoms with Crippen molar-refractivity contribution >= 4 is 23.9 Å². The summed E-state index contributed by atoms with van der Waals surface area (Å²) in [6.07, 6.45) is -1.37. The van der Waals surface area contributed by atoms with Crippen LogP contribution in [0.2, 0.25) is 0 Å². The maximum atomic E-state index is 12.7. The summed E-state index contributed by atoms with van der Waals surface area (Å²) in [5.74, 6) is -3.56. The fraction of sp³-hybridized carbons (Fsp3) is 0.538. The first kappa shape index (κ1) is 26.0. The number of carbonyl (C=O) groups excluding carboxylic acids is 2. The summed E-state index contributed by atoms with van der Waals surface area (Å²) in [6, 6.07) is 3.66. The molecule has 1 saturated heterocycles. The van der Waals surface area contributed by atoms with Crippen molar-refractivity contribution in [2.45, 2.75) is 67.8 Å². The molecule has 2 aliphatic carbocycles. The van der Waals surface area contributed by atoms with Gasteiger partial charge in [-0.05, 0) is 44.1 Å². The van der Waals surface area contributed by atoms with Gasteiger partial charge in [0.1, 0.15) is 5.76 Å². The fourth-order valence-electron chi connectivity index (χ4n) is 6.53. The maximum absolute atomic E-state index is 12.7. The van der Waals surface area contributed by atoms with Gasteiger partial charge in [0.15, 0.2) is 17.6 Å². The molecule has 5 atom stereocenters. The number of aliphatic carboxylic acids is 2. The molecule has 0 unspecified atom stereocenters. The normalized spacial score (nSPS) is 29.3. The lowest BCUT2D eigenvalue weighted by Crippen LogP contribution is -2.74. The van der Waals surface area contributed by atoms with Gasteiger partial charge < -0.3 is 39.2 Å². The van der Waals surface area contributed by atoms with Crippen LogP contribution in [0.25, 0.3) is 0 Å². The molecular weight excluding hydrogens is 502 g/mol. The quantitative estimate of drug-likeness (QED) is 0.383. The number of hydrogen-bond donors (Lipinski definition) is 3. The first-order chi connectivity index (χ1) is 18.0. The number of piperidine rings is 1. The van der Waals surface area contributed by atoms with Crippen LogP contribution >= 0.6 is 0 Å². The van der Waals surface area contributed by atoms with Crippen molar-refractivity contribution in [3.05, 3.63) is 35.1 Å². The summed E-state index contributed by atoms with van der Waals surface area (Å²) in [4.78, 5) is 48.8. The standard InChI is InChI=1S/C26H29NO11/c1-27-10-9-25-21-13-3-4-14(35-2)22(21)38-23(25)15(7-8-26(25,34)17(27)11-13)36-19(30)5-6-20(31)37-16(24(32)33)12-18(28)29/h3-4,7,16-17,23,34H,5-6,8-12H2,1-2H3,(H,28,29)(H,32,33)/t16-,17+,23+,25+,26-/m1/s1. The highest BCUT2D eigenvalue weighted by Crippen LogP contribution is 2.65. The minimum Gasteiger partial charge on any atom is -0.493 e. The molecule has 3 N–H and O–H groups in total. The van der Waals surface area contributed by atoms with E-state index in [1.165, 1.54) is 7.11 Å². The molecule has 0 amide bonds. The second-order valence-corrected chi connectivity index (χ2v) is 10.2. The maximum Gasteiger partial charge on any atom is 0.345 e. The molecule has 2 bridgehead atoms. The van der Waals surface area contributed by atoms with E-state index in [0.29, 0.717) is 30.9 Å². The van der Waals surface area contributed by atoms with Crippen LogP contribution in [0, 0.1) is 0 Å². The van der Waals surface area contributed by atoms with E-state index in [9.17, 15) is 24.3 Å². The molecule has 0 saturated carbocycles. The van der Waals surface area contributed by atoms with Gasteiger partial charge in [-0.3, -0.25) is 14.4 Å². The topological polar surface area (TPSA) is 169 Å². The zero-order valence-electron chi connectivity index (χ0n) is 21.0. The molecular formula is C26H29NO11. The van der Waals surface area contributed by atoms with Crippen LogP contribution in [0.4, 0.5) is 0 Å². The lowest BCUT2D eigenvalue weighted by Gasteiger charge is -2.61. The molecule has 1 spiro atoms. The molecule has 12 heteroatoms. The van der Waals surface area contributed by atoms with Crippen molar-refractivity contribution < 1.29 is 53.4 Å². The van der Waals surface area contributed by atoms with Gasteiger partial charge in [-0.15, -0.1) is 0 Å². The number of likely N-dealkylation sites (N-methyl/N-ethyl adjacent to an activating group) is 1. The van der Waals surface area contributed by atoms with Gasteiger partial charge in [-0.1, -0.05) is 6.07 Å². The van der Waals surface area contributed by atoms with Crippen molar-refractivity contribution in [2.75, 3.05) is 20.7 Å². The summed E-state index contributed by atoms with van der Waals surface area (Å²) in [6.45, 7) is 0.705. The van der Waals surface area contributed by atoms with Crippen LogP contribution in [0.15, 0.2) is 24.0 Å². The molecule has 4 aliphatic rings. The summed E-state index contributed by atoms with van der Waals surface area (Å²) < 4.78 is 22.3. The zero-order valence-corrected chi connectivity index (χ0v) is 21.0. The van der Waals surface area contributed by atoms with E-state index in [0.717, 1.165) is 11.1 Å². The Labute approximate surface area is 217 Å². The Morgan fingerprint density at radius 1 is 1.18 bits per heavy atom. The van der Waals surface area contributed by atoms with Gasteiger partial charge in [-0.2, -0.15) is 0 Å². The highest BCUT2D eigenvalue weighted by molar-refractivity contribution is 5.84. The van der Waals surface area contributed by atoms with Crippen molar-refractivity contribution in [1.82, 2.24) is 4.90 Å². The predicted octanol–water partition coefficient (Wildman–Crippen LogP) is 0.767. The lowest BCUT2D eigenvalue weighted by molar-refractivity contribution is -0.171. The van der Waals surface area contributed by atoms with Crippen LogP contribution in [-0.4, -0.2) is 88.6 Å². The Balaban J connectivity index is 1.35. The Hall–Kier alpha value is -3.64. The van der Waals surface area contributed by atoms with Crippen LogP contribution in [0.5, 0.6) is 11.5 Å². The SMILES string of the molecule is COc1ccc2c3c1O[C@H]1C(OC(=O)CCC(=O)O[C@H](CC(=O)O)C(=O)O)=CC[C@@]4(O)[C@H](C2)N(C)CC[C@]314. The van der Waals surface area contributed by atoms with E-state index < -0.39 is 66.4 Å². The number of nitrogens with zero attached hydrogens (tertiary/aromatic N) is 1. The lowest BCUT2D eigenvalue weighted by atomic mass is 9.50. The van der Waals surface area contributed by atoms with Crippen molar-refractivity contribution in [3.63, 3.8) is 0 Å². The molecule has 204 valence electrons. The first-order valence-electron chi connectivity index (χ1n) is 12.4. The largest absolute Gasteiger partial charge is 0.493 e. The van der Waals surface area contributed by atoms with E-state index in [-0.39, 0.29) is 18.2 Å². The van der Waals surface area contributed by atoms with E-state index >= 15 is 0 Å². The number of carboxylic acid groups (broad SMARTS) is 2. The van der Waals surface area contributed by atoms with E-state index in [2.05, 4.69) is 4.90 Å². The second-order valence-electron chi connectivity index (χ2n) is 10.2. The van der Waals surface area contributed by atoms with Crippen molar-refractivity contribution in [3.8, 4) is 11.5 Å². The van der Waals surface area contributed by atoms with Gasteiger partial charge >= 0.3 is 23.9 Å². The third kappa shape index (κ3) is 3.81. The Morgan fingerprint density at radius 2 is 1.92 bits per heavy atom. The Kier molecular flexibility index (Phi) is 6.35. The fourth-order valence-corrected chi connectivity index (χ4v) is 6.53. The van der Waals surface area contributed by atoms with Gasteiger partial charge in [0.05, 0.1) is 37.4 Å². The highest BCUT2D eigenvalue weighted by atomic mass is 16.6. The first-order valence-corrected chi connectivity index (χ1v) is 12.4. The number of ether oxygens (including phenoxy) is 4. The molecule has 0 radical (unpaired) electrons. The molecule has 2 heterocycles. The minimum atomic E-state index is -1.85. The Bertz CT molecular complexity index is 1240. The molecule has 1 fully saturated rings. The highest BCUT2D eigenvalue weighted by Gasteiger charge is 2.72. The van der Waals surface area contributed by atoms with Gasteiger partial charge in [0.25, 0.3) is 0 Å². The predicted molar refractivity (Wildman–Crippen MR) is 127 cm³/mol. The summed E-state index contributed by atoms with van der Waals surface area (Å²) in [7, 11) is 3.52. The smallest absolute Gasteiger partial charge is 0.345 e. The van der Waals surface area contributed by atoms with Crippen LogP contribution in [-0.2, 0) is 40.5 Å². The van der Waals surface area contributed by atoms with E-state index in [4.69, 9.17) is 29.2 Å².